The number of rotatable bonds is 2. The minimum Gasteiger partial charge on any atom is -0.351 e. The van der Waals surface area contributed by atoms with Crippen molar-refractivity contribution in [2.75, 3.05) is 4.90 Å². The molecule has 1 aromatic heterocycles. The molecule has 22 heavy (non-hydrogen) atoms. The molecule has 4 nitrogen and oxygen atoms in total. The first-order valence-corrected chi connectivity index (χ1v) is 8.09. The minimum absolute atomic E-state index is 0.428. The second-order valence-corrected chi connectivity index (χ2v) is 6.74. The molecule has 0 spiro atoms. The summed E-state index contributed by atoms with van der Waals surface area (Å²) in [5, 5.41) is 2.40. The molecule has 3 amide bonds. The lowest BCUT2D eigenvalue weighted by molar-refractivity contribution is -0.117. The van der Waals surface area contributed by atoms with E-state index in [2.05, 4.69) is 0 Å². The molecule has 1 aromatic carbocycles. The number of thiophene rings is 1. The van der Waals surface area contributed by atoms with Crippen LogP contribution in [0.5, 0.6) is 0 Å². The van der Waals surface area contributed by atoms with E-state index in [1.165, 1.54) is 11.3 Å². The lowest BCUT2D eigenvalue weighted by Gasteiger charge is -2.13. The van der Waals surface area contributed by atoms with E-state index < -0.39 is 17.9 Å². The largest absolute Gasteiger partial charge is 0.351 e. The maximum absolute atomic E-state index is 12.7. The van der Waals surface area contributed by atoms with Gasteiger partial charge in [0.05, 0.1) is 5.69 Å². The topological polar surface area (TPSA) is 63.4 Å². The van der Waals surface area contributed by atoms with Gasteiger partial charge in [-0.25, -0.2) is 9.69 Å². The lowest BCUT2D eigenvalue weighted by Crippen LogP contribution is -2.40. The van der Waals surface area contributed by atoms with Crippen LogP contribution in [-0.4, -0.2) is 16.8 Å². The molecular formula is C15H11ClN2O2S2. The molecule has 0 radical (unpaired) electrons. The standard InChI is InChI=1S/C15H11ClN2O2S2/c1-7-4-5-22-13(7)12(21)11-9-6-8(16)2-3-10(9)18(14(11)19)15(17)20/h2-6,11H,1H3,(H2,17,20). The van der Waals surface area contributed by atoms with Crippen LogP contribution in [0.25, 0.3) is 0 Å². The number of urea groups is 1. The predicted octanol–water partition coefficient (Wildman–Crippen LogP) is 3.64. The van der Waals surface area contributed by atoms with Crippen LogP contribution in [-0.2, 0) is 4.79 Å². The third-order valence-corrected chi connectivity index (χ3v) is 5.43. The maximum atomic E-state index is 12.7. The Balaban J connectivity index is 2.15. The first-order valence-electron chi connectivity index (χ1n) is 6.43. The highest BCUT2D eigenvalue weighted by atomic mass is 35.5. The van der Waals surface area contributed by atoms with E-state index >= 15 is 0 Å². The number of halogens is 1. The van der Waals surface area contributed by atoms with E-state index in [1.54, 1.807) is 18.2 Å². The lowest BCUT2D eigenvalue weighted by atomic mass is 9.95. The highest BCUT2D eigenvalue weighted by Gasteiger charge is 2.43. The first-order chi connectivity index (χ1) is 10.4. The number of nitrogens with two attached hydrogens (primary N) is 1. The molecule has 0 bridgehead atoms. The fourth-order valence-corrected chi connectivity index (χ4v) is 4.19. The number of benzene rings is 1. The van der Waals surface area contributed by atoms with Crippen LogP contribution in [0.15, 0.2) is 29.6 Å². The SMILES string of the molecule is Cc1ccsc1C(=S)C1C(=O)N(C(N)=O)c2ccc(Cl)cc21. The first kappa shape index (κ1) is 15.1. The Morgan fingerprint density at radius 3 is 2.73 bits per heavy atom. The maximum Gasteiger partial charge on any atom is 0.326 e. The third kappa shape index (κ3) is 2.24. The van der Waals surface area contributed by atoms with Gasteiger partial charge in [0, 0.05) is 14.8 Å². The molecule has 0 fully saturated rings. The Morgan fingerprint density at radius 1 is 1.41 bits per heavy atom. The second kappa shape index (κ2) is 5.46. The van der Waals surface area contributed by atoms with Gasteiger partial charge < -0.3 is 5.73 Å². The Labute approximate surface area is 141 Å². The van der Waals surface area contributed by atoms with E-state index in [0.29, 0.717) is 21.1 Å². The Kier molecular flexibility index (Phi) is 3.76. The van der Waals surface area contributed by atoms with Gasteiger partial charge in [-0.15, -0.1) is 11.3 Å². The zero-order valence-electron chi connectivity index (χ0n) is 11.5. The van der Waals surface area contributed by atoms with Crippen molar-refractivity contribution in [2.24, 2.45) is 5.73 Å². The smallest absolute Gasteiger partial charge is 0.326 e. The summed E-state index contributed by atoms with van der Waals surface area (Å²) in [5.41, 5.74) is 7.42. The fraction of sp³-hybridized carbons (Fsp3) is 0.133. The molecule has 1 atom stereocenters. The zero-order valence-corrected chi connectivity index (χ0v) is 13.9. The Morgan fingerprint density at radius 2 is 2.14 bits per heavy atom. The number of amides is 3. The van der Waals surface area contributed by atoms with Crippen LogP contribution in [0.1, 0.15) is 21.9 Å². The van der Waals surface area contributed by atoms with Gasteiger partial charge in [-0.05, 0) is 47.7 Å². The van der Waals surface area contributed by atoms with E-state index in [9.17, 15) is 9.59 Å². The second-order valence-electron chi connectivity index (χ2n) is 4.95. The molecule has 1 aliphatic rings. The number of primary amides is 1. The van der Waals surface area contributed by atoms with Crippen LogP contribution < -0.4 is 10.6 Å². The van der Waals surface area contributed by atoms with Crippen LogP contribution >= 0.6 is 35.2 Å². The van der Waals surface area contributed by atoms with Gasteiger partial charge in [0.2, 0.25) is 5.91 Å². The quantitative estimate of drug-likeness (QED) is 0.664. The van der Waals surface area contributed by atoms with E-state index in [4.69, 9.17) is 29.6 Å². The number of carbonyl (C=O) groups is 2. The monoisotopic (exact) mass is 350 g/mol. The number of hydrogen-bond acceptors (Lipinski definition) is 4. The van der Waals surface area contributed by atoms with E-state index in [1.807, 2.05) is 18.4 Å². The van der Waals surface area contributed by atoms with Crippen LogP contribution in [0.4, 0.5) is 10.5 Å². The van der Waals surface area contributed by atoms with Gasteiger partial charge in [0.1, 0.15) is 5.92 Å². The molecule has 112 valence electrons. The van der Waals surface area contributed by atoms with Crippen LogP contribution in [0.3, 0.4) is 0 Å². The summed E-state index contributed by atoms with van der Waals surface area (Å²) < 4.78 is 0. The molecule has 2 N–H and O–H groups in total. The number of aryl methyl sites for hydroxylation is 1. The number of nitrogens with zero attached hydrogens (tertiary/aromatic N) is 1. The molecule has 0 aliphatic carbocycles. The molecule has 1 aliphatic heterocycles. The van der Waals surface area contributed by atoms with E-state index in [0.717, 1.165) is 15.3 Å². The summed E-state index contributed by atoms with van der Waals surface area (Å²) in [6.45, 7) is 1.93. The minimum atomic E-state index is -0.818. The fourth-order valence-electron chi connectivity index (χ4n) is 2.58. The summed E-state index contributed by atoms with van der Waals surface area (Å²) in [5.74, 6) is -1.14. The number of anilines is 1. The number of carbonyl (C=O) groups excluding carboxylic acids is 2. The van der Waals surface area contributed by atoms with Gasteiger partial charge in [-0.3, -0.25) is 4.79 Å². The summed E-state index contributed by atoms with van der Waals surface area (Å²) in [7, 11) is 0. The van der Waals surface area contributed by atoms with Crippen molar-refractivity contribution >= 4 is 57.6 Å². The highest BCUT2D eigenvalue weighted by molar-refractivity contribution is 7.81. The average Bonchev–Trinajstić information content (AvgIpc) is 2.98. The highest BCUT2D eigenvalue weighted by Crippen LogP contribution is 2.41. The van der Waals surface area contributed by atoms with Crippen molar-refractivity contribution in [3.05, 3.63) is 50.7 Å². The van der Waals surface area contributed by atoms with Crippen molar-refractivity contribution in [1.82, 2.24) is 0 Å². The van der Waals surface area contributed by atoms with Crippen LogP contribution in [0.2, 0.25) is 5.02 Å². The van der Waals surface area contributed by atoms with Gasteiger partial charge >= 0.3 is 6.03 Å². The molecule has 0 saturated heterocycles. The number of hydrogen-bond donors (Lipinski definition) is 1. The van der Waals surface area contributed by atoms with Gasteiger partial charge in [0.15, 0.2) is 0 Å². The molecule has 0 saturated carbocycles. The Hall–Kier alpha value is -1.76. The van der Waals surface area contributed by atoms with Crippen LogP contribution in [0, 0.1) is 6.92 Å². The molecule has 1 unspecified atom stereocenters. The normalized spacial score (nSPS) is 16.7. The molecule has 2 heterocycles. The summed E-state index contributed by atoms with van der Waals surface area (Å²) in [6, 6.07) is 6.02. The Bertz CT molecular complexity index is 816. The summed E-state index contributed by atoms with van der Waals surface area (Å²) in [6.07, 6.45) is 0. The summed E-state index contributed by atoms with van der Waals surface area (Å²) in [4.78, 5) is 26.6. The van der Waals surface area contributed by atoms with Gasteiger partial charge in [-0.2, -0.15) is 0 Å². The van der Waals surface area contributed by atoms with E-state index in [-0.39, 0.29) is 0 Å². The molecule has 3 rings (SSSR count). The van der Waals surface area contributed by atoms with Gasteiger partial charge in [-0.1, -0.05) is 23.8 Å². The van der Waals surface area contributed by atoms with Crippen molar-refractivity contribution in [1.29, 1.82) is 0 Å². The number of thiocarbonyl (C=S) groups is 1. The van der Waals surface area contributed by atoms with Crippen molar-refractivity contribution in [3.8, 4) is 0 Å². The number of fused-ring (bicyclic) bond motifs is 1. The third-order valence-electron chi connectivity index (χ3n) is 3.58. The van der Waals surface area contributed by atoms with Crippen molar-refractivity contribution < 1.29 is 9.59 Å². The summed E-state index contributed by atoms with van der Waals surface area (Å²) >= 11 is 13.0. The zero-order chi connectivity index (χ0) is 16.0. The molecule has 7 heteroatoms. The molecular weight excluding hydrogens is 340 g/mol. The molecule has 2 aromatic rings. The number of imide groups is 1. The van der Waals surface area contributed by atoms with Crippen molar-refractivity contribution in [3.63, 3.8) is 0 Å². The van der Waals surface area contributed by atoms with Crippen molar-refractivity contribution in [2.45, 2.75) is 12.8 Å². The average molecular weight is 351 g/mol. The predicted molar refractivity (Wildman–Crippen MR) is 92.0 cm³/mol. The van der Waals surface area contributed by atoms with Gasteiger partial charge in [0.25, 0.3) is 0 Å².